The number of halogens is 1. The lowest BCUT2D eigenvalue weighted by molar-refractivity contribution is -0.140. The molecule has 0 aromatic heterocycles. The van der Waals surface area contributed by atoms with Gasteiger partial charge < -0.3 is 14.4 Å². The van der Waals surface area contributed by atoms with Crippen molar-refractivity contribution in [3.63, 3.8) is 0 Å². The van der Waals surface area contributed by atoms with Crippen LogP contribution < -0.4 is 9.47 Å². The van der Waals surface area contributed by atoms with E-state index in [0.717, 1.165) is 19.5 Å². The number of hydrogen-bond acceptors (Lipinski definition) is 3. The van der Waals surface area contributed by atoms with E-state index in [1.54, 1.807) is 0 Å². The second kappa shape index (κ2) is 5.29. The van der Waals surface area contributed by atoms with Gasteiger partial charge in [-0.25, -0.2) is 0 Å². The summed E-state index contributed by atoms with van der Waals surface area (Å²) in [6.07, 6.45) is 0.434. The van der Waals surface area contributed by atoms with Crippen molar-refractivity contribution in [3.8, 4) is 11.5 Å². The van der Waals surface area contributed by atoms with E-state index in [9.17, 15) is 4.79 Å². The number of hydrogen-bond donors (Lipinski definition) is 0. The first-order chi connectivity index (χ1) is 9.28. The number of nitrogens with zero attached hydrogens (tertiary/aromatic N) is 1. The van der Waals surface area contributed by atoms with Crippen molar-refractivity contribution < 1.29 is 14.3 Å². The fraction of sp³-hybridized carbons (Fsp3) is 0.500. The molecule has 102 valence electrons. The van der Waals surface area contributed by atoms with Crippen LogP contribution in [0.1, 0.15) is 6.42 Å². The van der Waals surface area contributed by atoms with Gasteiger partial charge in [0.1, 0.15) is 6.61 Å². The Kier molecular flexibility index (Phi) is 3.51. The van der Waals surface area contributed by atoms with Gasteiger partial charge in [0.05, 0.1) is 0 Å². The fourth-order valence-corrected chi connectivity index (χ4v) is 2.76. The van der Waals surface area contributed by atoms with Gasteiger partial charge in [-0.1, -0.05) is 12.1 Å². The fourth-order valence-electron chi connectivity index (χ4n) is 2.50. The molecule has 2 unspecified atom stereocenters. The van der Waals surface area contributed by atoms with Gasteiger partial charge in [0, 0.05) is 19.0 Å². The van der Waals surface area contributed by atoms with Crippen molar-refractivity contribution >= 4 is 17.5 Å². The summed E-state index contributed by atoms with van der Waals surface area (Å²) < 4.78 is 11.3. The zero-order valence-corrected chi connectivity index (χ0v) is 11.3. The van der Waals surface area contributed by atoms with Gasteiger partial charge in [0.2, 0.25) is 6.10 Å². The van der Waals surface area contributed by atoms with Crippen molar-refractivity contribution in [1.29, 1.82) is 0 Å². The summed E-state index contributed by atoms with van der Waals surface area (Å²) >= 11 is 5.84. The second-order valence-corrected chi connectivity index (χ2v) is 5.27. The maximum Gasteiger partial charge on any atom is 0.267 e. The average molecular weight is 282 g/mol. The van der Waals surface area contributed by atoms with Crippen LogP contribution in [0.3, 0.4) is 0 Å². The van der Waals surface area contributed by atoms with E-state index in [4.69, 9.17) is 21.1 Å². The predicted molar refractivity (Wildman–Crippen MR) is 71.8 cm³/mol. The second-order valence-electron chi connectivity index (χ2n) is 4.96. The van der Waals surface area contributed by atoms with E-state index in [0.29, 0.717) is 23.3 Å². The van der Waals surface area contributed by atoms with Crippen LogP contribution in [0, 0.1) is 5.92 Å². The minimum absolute atomic E-state index is 0.00196. The molecular weight excluding hydrogens is 266 g/mol. The summed E-state index contributed by atoms with van der Waals surface area (Å²) in [4.78, 5) is 14.2. The molecule has 0 radical (unpaired) electrons. The van der Waals surface area contributed by atoms with Gasteiger partial charge >= 0.3 is 0 Å². The Hall–Kier alpha value is -1.42. The third kappa shape index (κ3) is 2.50. The third-order valence-corrected chi connectivity index (χ3v) is 4.04. The van der Waals surface area contributed by atoms with E-state index in [1.807, 2.05) is 29.2 Å². The monoisotopic (exact) mass is 281 g/mol. The Bertz CT molecular complexity index is 480. The van der Waals surface area contributed by atoms with Crippen LogP contribution in [-0.4, -0.2) is 42.5 Å². The maximum atomic E-state index is 12.3. The predicted octanol–water partition coefficient (Wildman–Crippen LogP) is 1.91. The Morgan fingerprint density at radius 1 is 1.37 bits per heavy atom. The quantitative estimate of drug-likeness (QED) is 0.778. The number of carbonyl (C=O) groups is 1. The molecule has 1 amide bonds. The summed E-state index contributed by atoms with van der Waals surface area (Å²) in [6.45, 7) is 1.76. The number of likely N-dealkylation sites (tertiary alicyclic amines) is 1. The van der Waals surface area contributed by atoms with Crippen molar-refractivity contribution in [2.45, 2.75) is 12.5 Å². The van der Waals surface area contributed by atoms with Gasteiger partial charge in [-0.3, -0.25) is 4.79 Å². The number of amides is 1. The first kappa shape index (κ1) is 12.6. The molecule has 5 heteroatoms. The van der Waals surface area contributed by atoms with E-state index in [1.165, 1.54) is 0 Å². The van der Waals surface area contributed by atoms with Gasteiger partial charge in [0.25, 0.3) is 5.91 Å². The zero-order chi connectivity index (χ0) is 13.2. The molecule has 4 nitrogen and oxygen atoms in total. The summed E-state index contributed by atoms with van der Waals surface area (Å²) in [7, 11) is 0. The number of para-hydroxylation sites is 2. The van der Waals surface area contributed by atoms with Crippen molar-refractivity contribution in [2.24, 2.45) is 5.92 Å². The Morgan fingerprint density at radius 2 is 2.16 bits per heavy atom. The Labute approximate surface area is 117 Å². The van der Waals surface area contributed by atoms with E-state index >= 15 is 0 Å². The summed E-state index contributed by atoms with van der Waals surface area (Å²) in [5.74, 6) is 2.35. The van der Waals surface area contributed by atoms with Gasteiger partial charge in [-0.05, 0) is 24.5 Å². The molecule has 0 aliphatic carbocycles. The molecule has 0 saturated carbocycles. The first-order valence-electron chi connectivity index (χ1n) is 6.51. The highest BCUT2D eigenvalue weighted by Crippen LogP contribution is 2.31. The van der Waals surface area contributed by atoms with Crippen LogP contribution in [0.15, 0.2) is 24.3 Å². The molecule has 0 spiro atoms. The maximum absolute atomic E-state index is 12.3. The lowest BCUT2D eigenvalue weighted by Gasteiger charge is -2.28. The molecular formula is C14H16ClNO3. The number of fused-ring (bicyclic) bond motifs is 1. The normalized spacial score (nSPS) is 25.4. The van der Waals surface area contributed by atoms with Crippen LogP contribution in [0.4, 0.5) is 0 Å². The number of rotatable bonds is 2. The topological polar surface area (TPSA) is 38.8 Å². The average Bonchev–Trinajstić information content (AvgIpc) is 2.95. The first-order valence-corrected chi connectivity index (χ1v) is 7.04. The minimum Gasteiger partial charge on any atom is -0.485 e. The van der Waals surface area contributed by atoms with Gasteiger partial charge in [-0.15, -0.1) is 11.6 Å². The highest BCUT2D eigenvalue weighted by atomic mass is 35.5. The zero-order valence-electron chi connectivity index (χ0n) is 10.5. The summed E-state index contributed by atoms with van der Waals surface area (Å²) in [5.41, 5.74) is 0. The third-order valence-electron chi connectivity index (χ3n) is 3.60. The lowest BCUT2D eigenvalue weighted by Crippen LogP contribution is -2.45. The van der Waals surface area contributed by atoms with Crippen LogP contribution in [0.2, 0.25) is 0 Å². The number of carbonyl (C=O) groups excluding carboxylic acids is 1. The number of ether oxygens (including phenoxy) is 2. The molecule has 0 bridgehead atoms. The van der Waals surface area contributed by atoms with Gasteiger partial charge in [-0.2, -0.15) is 0 Å². The molecule has 2 heterocycles. The highest BCUT2D eigenvalue weighted by molar-refractivity contribution is 6.18. The Balaban J connectivity index is 1.66. The standard InChI is InChI=1S/C14H16ClNO3/c15-7-10-5-6-16(8-10)14(17)13-9-18-11-3-1-2-4-12(11)19-13/h1-4,10,13H,5-9H2. The SMILES string of the molecule is O=C(C1COc2ccccc2O1)N1CCC(CCl)C1. The molecule has 1 fully saturated rings. The summed E-state index contributed by atoms with van der Waals surface area (Å²) in [6, 6.07) is 7.42. The van der Waals surface area contributed by atoms with Crippen LogP contribution >= 0.6 is 11.6 Å². The van der Waals surface area contributed by atoms with E-state index in [2.05, 4.69) is 0 Å². The van der Waals surface area contributed by atoms with Crippen LogP contribution in [-0.2, 0) is 4.79 Å². The molecule has 2 aliphatic heterocycles. The molecule has 1 aromatic carbocycles. The molecule has 1 saturated heterocycles. The molecule has 19 heavy (non-hydrogen) atoms. The van der Waals surface area contributed by atoms with Gasteiger partial charge in [0.15, 0.2) is 11.5 Å². The van der Waals surface area contributed by atoms with Crippen LogP contribution in [0.25, 0.3) is 0 Å². The van der Waals surface area contributed by atoms with Crippen molar-refractivity contribution in [3.05, 3.63) is 24.3 Å². The Morgan fingerprint density at radius 3 is 2.89 bits per heavy atom. The molecule has 2 atom stereocenters. The largest absolute Gasteiger partial charge is 0.485 e. The van der Waals surface area contributed by atoms with Crippen molar-refractivity contribution in [2.75, 3.05) is 25.6 Å². The molecule has 1 aromatic rings. The lowest BCUT2D eigenvalue weighted by atomic mass is 10.2. The van der Waals surface area contributed by atoms with E-state index < -0.39 is 6.10 Å². The van der Waals surface area contributed by atoms with Crippen LogP contribution in [0.5, 0.6) is 11.5 Å². The minimum atomic E-state index is -0.538. The number of benzene rings is 1. The van der Waals surface area contributed by atoms with Crippen molar-refractivity contribution in [1.82, 2.24) is 4.90 Å². The van der Waals surface area contributed by atoms with E-state index in [-0.39, 0.29) is 12.5 Å². The molecule has 3 rings (SSSR count). The smallest absolute Gasteiger partial charge is 0.267 e. The summed E-state index contributed by atoms with van der Waals surface area (Å²) in [5, 5.41) is 0. The molecule has 0 N–H and O–H groups in total. The number of alkyl halides is 1. The highest BCUT2D eigenvalue weighted by Gasteiger charge is 2.34. The molecule has 2 aliphatic rings.